The largest absolute Gasteiger partial charge is 0.329 e. The number of para-hydroxylation sites is 1. The summed E-state index contributed by atoms with van der Waals surface area (Å²) < 4.78 is 0. The molecule has 3 N–H and O–H groups in total. The number of nitrogens with one attached hydrogen (secondary N) is 3. The summed E-state index contributed by atoms with van der Waals surface area (Å²) >= 11 is 13.9. The predicted molar refractivity (Wildman–Crippen MR) is 121 cm³/mol. The Balaban J connectivity index is 1.51. The van der Waals surface area contributed by atoms with Gasteiger partial charge in [-0.2, -0.15) is 11.8 Å². The molecule has 3 rings (SSSR count). The maximum absolute atomic E-state index is 12.3. The number of benzene rings is 2. The Bertz CT molecular complexity index is 875. The first-order valence-electron chi connectivity index (χ1n) is 9.19. The highest BCUT2D eigenvalue weighted by Gasteiger charge is 2.14. The third-order valence-corrected chi connectivity index (χ3v) is 5.88. The van der Waals surface area contributed by atoms with Gasteiger partial charge in [0.1, 0.15) is 0 Å². The zero-order valence-electron chi connectivity index (χ0n) is 15.7. The summed E-state index contributed by atoms with van der Waals surface area (Å²) in [5, 5.41) is 8.85. The molecule has 29 heavy (non-hydrogen) atoms. The van der Waals surface area contributed by atoms with Gasteiger partial charge >= 0.3 is 6.03 Å². The Morgan fingerprint density at radius 1 is 1.00 bits per heavy atom. The van der Waals surface area contributed by atoms with E-state index in [4.69, 9.17) is 23.2 Å². The van der Waals surface area contributed by atoms with Crippen LogP contribution in [0.1, 0.15) is 5.56 Å². The van der Waals surface area contributed by atoms with Crippen molar-refractivity contribution in [2.45, 2.75) is 6.54 Å². The molecule has 3 amide bonds. The van der Waals surface area contributed by atoms with E-state index < -0.39 is 11.9 Å². The number of urea groups is 1. The molecule has 2 aromatic carbocycles. The minimum absolute atomic E-state index is 0.194. The monoisotopic (exact) mass is 452 g/mol. The molecule has 2 aromatic rings. The quantitative estimate of drug-likeness (QED) is 0.610. The van der Waals surface area contributed by atoms with Crippen molar-refractivity contribution in [1.82, 2.24) is 10.2 Å². The van der Waals surface area contributed by atoms with E-state index in [9.17, 15) is 9.59 Å². The van der Waals surface area contributed by atoms with Crippen LogP contribution in [0.4, 0.5) is 16.2 Å². The second kappa shape index (κ2) is 10.7. The highest BCUT2D eigenvalue weighted by atomic mass is 35.5. The summed E-state index contributed by atoms with van der Waals surface area (Å²) in [6.07, 6.45) is 0. The van der Waals surface area contributed by atoms with E-state index >= 15 is 0 Å². The molecule has 1 saturated heterocycles. The number of hydrogen-bond donors (Lipinski definition) is 3. The molecule has 154 valence electrons. The second-order valence-electron chi connectivity index (χ2n) is 6.53. The molecule has 0 unspecified atom stereocenters. The van der Waals surface area contributed by atoms with E-state index in [-0.39, 0.29) is 6.54 Å². The number of nitrogens with zero attached hydrogens (tertiary/aromatic N) is 1. The maximum Gasteiger partial charge on any atom is 0.319 e. The third-order valence-electron chi connectivity index (χ3n) is 4.38. The Morgan fingerprint density at radius 2 is 1.76 bits per heavy atom. The number of anilines is 2. The van der Waals surface area contributed by atoms with E-state index in [0.717, 1.165) is 42.4 Å². The molecule has 1 heterocycles. The van der Waals surface area contributed by atoms with Gasteiger partial charge in [0.25, 0.3) is 0 Å². The molecular weight excluding hydrogens is 431 g/mol. The van der Waals surface area contributed by atoms with E-state index in [0.29, 0.717) is 15.7 Å². The molecule has 1 aliphatic heterocycles. The first-order valence-corrected chi connectivity index (χ1v) is 11.1. The van der Waals surface area contributed by atoms with Crippen molar-refractivity contribution in [3.63, 3.8) is 0 Å². The van der Waals surface area contributed by atoms with Crippen LogP contribution in [0.3, 0.4) is 0 Å². The van der Waals surface area contributed by atoms with Crippen LogP contribution in [0.5, 0.6) is 0 Å². The second-order valence-corrected chi connectivity index (χ2v) is 8.59. The van der Waals surface area contributed by atoms with Crippen LogP contribution in [-0.4, -0.2) is 48.0 Å². The Hall–Kier alpha value is -1.93. The molecule has 0 radical (unpaired) electrons. The molecule has 0 spiro atoms. The zero-order chi connectivity index (χ0) is 20.6. The van der Waals surface area contributed by atoms with Crippen LogP contribution in [0, 0.1) is 0 Å². The molecule has 1 fully saturated rings. The lowest BCUT2D eigenvalue weighted by atomic mass is 10.1. The molecule has 0 bridgehead atoms. The van der Waals surface area contributed by atoms with E-state index in [1.807, 2.05) is 36.0 Å². The number of halogens is 2. The van der Waals surface area contributed by atoms with Gasteiger partial charge in [0.15, 0.2) is 0 Å². The Labute approximate surface area is 184 Å². The van der Waals surface area contributed by atoms with Crippen LogP contribution in [0.2, 0.25) is 10.0 Å². The molecule has 0 saturated carbocycles. The van der Waals surface area contributed by atoms with Gasteiger partial charge in [-0.05, 0) is 29.8 Å². The van der Waals surface area contributed by atoms with Gasteiger partial charge in [-0.25, -0.2) is 4.79 Å². The fourth-order valence-electron chi connectivity index (χ4n) is 2.90. The SMILES string of the molecule is O=C(CNC(=O)Nc1ccccc1CN1CCSCC1)Nc1cc(Cl)ccc1Cl. The van der Waals surface area contributed by atoms with Crippen molar-refractivity contribution in [3.05, 3.63) is 58.1 Å². The molecule has 6 nitrogen and oxygen atoms in total. The molecule has 1 aliphatic rings. The number of carbonyl (C=O) groups excluding carboxylic acids is 2. The summed E-state index contributed by atoms with van der Waals surface area (Å²) in [6, 6.07) is 12.0. The van der Waals surface area contributed by atoms with Gasteiger partial charge in [0.05, 0.1) is 17.3 Å². The number of carbonyl (C=O) groups is 2. The minimum atomic E-state index is -0.445. The fourth-order valence-corrected chi connectivity index (χ4v) is 4.21. The highest BCUT2D eigenvalue weighted by Crippen LogP contribution is 2.25. The number of thioether (sulfide) groups is 1. The van der Waals surface area contributed by atoms with Gasteiger partial charge in [-0.15, -0.1) is 0 Å². The van der Waals surface area contributed by atoms with Crippen LogP contribution >= 0.6 is 35.0 Å². The fraction of sp³-hybridized carbons (Fsp3) is 0.300. The molecular formula is C20H22Cl2N4O2S. The number of hydrogen-bond acceptors (Lipinski definition) is 4. The molecule has 9 heteroatoms. The predicted octanol–water partition coefficient (Wildman–Crippen LogP) is 4.30. The summed E-state index contributed by atoms with van der Waals surface area (Å²) in [4.78, 5) is 26.7. The van der Waals surface area contributed by atoms with Crippen LogP contribution in [0.15, 0.2) is 42.5 Å². The average Bonchev–Trinajstić information content (AvgIpc) is 2.71. The van der Waals surface area contributed by atoms with E-state index in [1.54, 1.807) is 18.2 Å². The highest BCUT2D eigenvalue weighted by molar-refractivity contribution is 7.99. The van der Waals surface area contributed by atoms with Crippen molar-refractivity contribution in [1.29, 1.82) is 0 Å². The lowest BCUT2D eigenvalue weighted by Gasteiger charge is -2.27. The maximum atomic E-state index is 12.3. The van der Waals surface area contributed by atoms with Crippen LogP contribution < -0.4 is 16.0 Å². The standard InChI is InChI=1S/C20H22Cl2N4O2S/c21-15-5-6-16(22)18(11-15)24-19(27)12-23-20(28)25-17-4-2-1-3-14(17)13-26-7-9-29-10-8-26/h1-6,11H,7-10,12-13H2,(H,24,27)(H2,23,25,28). The van der Waals surface area contributed by atoms with E-state index in [2.05, 4.69) is 20.9 Å². The third kappa shape index (κ3) is 6.82. The van der Waals surface area contributed by atoms with Crippen molar-refractivity contribution in [2.24, 2.45) is 0 Å². The smallest absolute Gasteiger partial charge is 0.319 e. The lowest BCUT2D eigenvalue weighted by molar-refractivity contribution is -0.115. The van der Waals surface area contributed by atoms with Crippen molar-refractivity contribution in [3.8, 4) is 0 Å². The molecule has 0 aliphatic carbocycles. The first-order chi connectivity index (χ1) is 14.0. The zero-order valence-corrected chi connectivity index (χ0v) is 18.0. The summed E-state index contributed by atoms with van der Waals surface area (Å²) in [5.41, 5.74) is 2.18. The normalized spacial score (nSPS) is 14.3. The summed E-state index contributed by atoms with van der Waals surface area (Å²) in [7, 11) is 0. The summed E-state index contributed by atoms with van der Waals surface area (Å²) in [6.45, 7) is 2.67. The van der Waals surface area contributed by atoms with E-state index in [1.165, 1.54) is 0 Å². The molecule has 0 aromatic heterocycles. The molecule has 0 atom stereocenters. The minimum Gasteiger partial charge on any atom is -0.329 e. The number of amides is 3. The van der Waals surface area contributed by atoms with Crippen molar-refractivity contribution < 1.29 is 9.59 Å². The first kappa shape index (κ1) is 21.8. The van der Waals surface area contributed by atoms with Crippen molar-refractivity contribution in [2.75, 3.05) is 41.8 Å². The van der Waals surface area contributed by atoms with Gasteiger partial charge in [-0.3, -0.25) is 9.69 Å². The lowest BCUT2D eigenvalue weighted by Crippen LogP contribution is -2.36. The summed E-state index contributed by atoms with van der Waals surface area (Å²) in [5.74, 6) is 1.85. The number of rotatable bonds is 6. The van der Waals surface area contributed by atoms with Gasteiger partial charge in [0, 0.05) is 41.8 Å². The van der Waals surface area contributed by atoms with Crippen LogP contribution in [-0.2, 0) is 11.3 Å². The van der Waals surface area contributed by atoms with Crippen molar-refractivity contribution >= 4 is 58.3 Å². The Morgan fingerprint density at radius 3 is 2.55 bits per heavy atom. The van der Waals surface area contributed by atoms with Crippen LogP contribution in [0.25, 0.3) is 0 Å². The Kier molecular flexibility index (Phi) is 8.06. The average molecular weight is 453 g/mol. The van der Waals surface area contributed by atoms with Gasteiger partial charge in [-0.1, -0.05) is 41.4 Å². The van der Waals surface area contributed by atoms with Gasteiger partial charge < -0.3 is 16.0 Å². The van der Waals surface area contributed by atoms with Gasteiger partial charge in [0.2, 0.25) is 5.91 Å². The topological polar surface area (TPSA) is 73.5 Å².